The number of nitro groups is 1. The van der Waals surface area contributed by atoms with Crippen LogP contribution in [0.4, 0.5) is 5.69 Å². The third kappa shape index (κ3) is 4.33. The van der Waals surface area contributed by atoms with Gasteiger partial charge in [-0.2, -0.15) is 5.26 Å². The zero-order chi connectivity index (χ0) is 18.6. The van der Waals surface area contributed by atoms with Crippen molar-refractivity contribution in [1.82, 2.24) is 4.98 Å². The molecule has 2 aromatic rings. The summed E-state index contributed by atoms with van der Waals surface area (Å²) in [5, 5.41) is 23.2. The zero-order valence-electron chi connectivity index (χ0n) is 14.3. The third-order valence-electron chi connectivity index (χ3n) is 3.11. The molecule has 0 aliphatic rings. The summed E-state index contributed by atoms with van der Waals surface area (Å²) in [4.78, 5) is 15.2. The van der Waals surface area contributed by atoms with Gasteiger partial charge in [0.2, 0.25) is 5.75 Å². The van der Waals surface area contributed by atoms with E-state index in [1.54, 1.807) is 26.0 Å². The maximum absolute atomic E-state index is 11.4. The molecule has 0 spiro atoms. The fraction of sp³-hybridized carbons (Fsp3) is 0.294. The second-order valence-electron chi connectivity index (χ2n) is 5.46. The van der Waals surface area contributed by atoms with E-state index in [2.05, 4.69) is 11.1 Å². The van der Waals surface area contributed by atoms with Gasteiger partial charge in [0.15, 0.2) is 5.75 Å². The Labute approximate surface area is 149 Å². The van der Waals surface area contributed by atoms with E-state index < -0.39 is 4.92 Å². The van der Waals surface area contributed by atoms with Crippen molar-refractivity contribution in [2.45, 2.75) is 26.9 Å². The van der Waals surface area contributed by atoms with E-state index in [0.717, 1.165) is 5.69 Å². The van der Waals surface area contributed by atoms with Crippen LogP contribution in [0.3, 0.4) is 0 Å². The van der Waals surface area contributed by atoms with Crippen molar-refractivity contribution in [1.29, 1.82) is 5.26 Å². The molecule has 130 valence electrons. The Morgan fingerprint density at radius 1 is 1.48 bits per heavy atom. The summed E-state index contributed by atoms with van der Waals surface area (Å²) < 4.78 is 10.8. The Bertz CT molecular complexity index is 865. The topological polar surface area (TPSA) is 98.3 Å². The Morgan fingerprint density at radius 2 is 2.20 bits per heavy atom. The minimum Gasteiger partial charge on any atom is -0.493 e. The van der Waals surface area contributed by atoms with Crippen molar-refractivity contribution in [3.05, 3.63) is 43.9 Å². The van der Waals surface area contributed by atoms with Crippen LogP contribution in [-0.4, -0.2) is 23.1 Å². The molecule has 0 saturated carbocycles. The van der Waals surface area contributed by atoms with Crippen molar-refractivity contribution >= 4 is 28.7 Å². The van der Waals surface area contributed by atoms with Crippen LogP contribution in [0.5, 0.6) is 11.5 Å². The molecule has 0 bridgehead atoms. The molecule has 25 heavy (non-hydrogen) atoms. The van der Waals surface area contributed by atoms with E-state index in [9.17, 15) is 15.4 Å². The van der Waals surface area contributed by atoms with Crippen LogP contribution in [0.15, 0.2) is 17.5 Å². The Kier molecular flexibility index (Phi) is 5.72. The van der Waals surface area contributed by atoms with E-state index in [4.69, 9.17) is 9.47 Å². The molecule has 0 atom stereocenters. The van der Waals surface area contributed by atoms with E-state index in [1.807, 2.05) is 12.3 Å². The number of aromatic nitrogens is 1. The van der Waals surface area contributed by atoms with Crippen LogP contribution in [-0.2, 0) is 0 Å². The molecular weight excluding hydrogens is 342 g/mol. The van der Waals surface area contributed by atoms with Gasteiger partial charge in [0, 0.05) is 17.1 Å². The first-order chi connectivity index (χ1) is 11.8. The second-order valence-corrected chi connectivity index (χ2v) is 6.32. The van der Waals surface area contributed by atoms with Crippen molar-refractivity contribution in [3.63, 3.8) is 0 Å². The van der Waals surface area contributed by atoms with Crippen LogP contribution >= 0.6 is 11.3 Å². The zero-order valence-corrected chi connectivity index (χ0v) is 15.1. The highest BCUT2D eigenvalue weighted by Gasteiger charge is 2.23. The monoisotopic (exact) mass is 359 g/mol. The van der Waals surface area contributed by atoms with Gasteiger partial charge in [-0.3, -0.25) is 10.1 Å². The lowest BCUT2D eigenvalue weighted by atomic mass is 10.1. The van der Waals surface area contributed by atoms with Crippen LogP contribution in [0, 0.1) is 28.4 Å². The molecule has 0 aliphatic carbocycles. The molecule has 1 heterocycles. The van der Waals surface area contributed by atoms with Crippen LogP contribution in [0.2, 0.25) is 0 Å². The summed E-state index contributed by atoms with van der Waals surface area (Å²) >= 11 is 1.34. The van der Waals surface area contributed by atoms with Crippen LogP contribution in [0.25, 0.3) is 11.6 Å². The predicted octanol–water partition coefficient (Wildman–Crippen LogP) is 4.22. The molecule has 0 fully saturated rings. The first-order valence-electron chi connectivity index (χ1n) is 7.43. The van der Waals surface area contributed by atoms with Gasteiger partial charge in [-0.15, -0.1) is 11.3 Å². The summed E-state index contributed by atoms with van der Waals surface area (Å²) in [7, 11) is 1.41. The fourth-order valence-corrected chi connectivity index (χ4v) is 2.88. The van der Waals surface area contributed by atoms with Crippen LogP contribution < -0.4 is 9.47 Å². The highest BCUT2D eigenvalue weighted by molar-refractivity contribution is 7.11. The summed E-state index contributed by atoms with van der Waals surface area (Å²) in [6.45, 7) is 5.38. The highest BCUT2D eigenvalue weighted by atomic mass is 32.1. The first kappa shape index (κ1) is 18.4. The fourth-order valence-electron chi connectivity index (χ4n) is 2.12. The number of thiazole rings is 1. The third-order valence-corrected chi connectivity index (χ3v) is 4.10. The summed E-state index contributed by atoms with van der Waals surface area (Å²) in [5.74, 6) is 0.310. The van der Waals surface area contributed by atoms with Gasteiger partial charge >= 0.3 is 5.69 Å². The van der Waals surface area contributed by atoms with Gasteiger partial charge in [-0.1, -0.05) is 0 Å². The maximum Gasteiger partial charge on any atom is 0.315 e. The van der Waals surface area contributed by atoms with Gasteiger partial charge in [0.1, 0.15) is 11.1 Å². The predicted molar refractivity (Wildman–Crippen MR) is 95.7 cm³/mol. The molecule has 1 aromatic carbocycles. The lowest BCUT2D eigenvalue weighted by molar-refractivity contribution is -0.386. The smallest absolute Gasteiger partial charge is 0.315 e. The normalized spacial score (nSPS) is 11.3. The SMILES string of the molecule is COc1cc(/C=C(/C#N)c2nc(C)cs2)cc([N+](=O)[O-])c1OC(C)C. The lowest BCUT2D eigenvalue weighted by Crippen LogP contribution is -2.09. The molecular formula is C17H17N3O4S. The lowest BCUT2D eigenvalue weighted by Gasteiger charge is -2.14. The summed E-state index contributed by atoms with van der Waals surface area (Å²) in [6, 6.07) is 5.04. The van der Waals surface area contributed by atoms with Crippen molar-refractivity contribution in [2.75, 3.05) is 7.11 Å². The van der Waals surface area contributed by atoms with Gasteiger partial charge in [-0.05, 0) is 38.5 Å². The van der Waals surface area contributed by atoms with Crippen LogP contribution in [0.1, 0.15) is 30.1 Å². The molecule has 0 N–H and O–H groups in total. The summed E-state index contributed by atoms with van der Waals surface area (Å²) in [6.07, 6.45) is 1.30. The van der Waals surface area contributed by atoms with Gasteiger partial charge in [0.25, 0.3) is 0 Å². The Hall–Kier alpha value is -2.92. The van der Waals surface area contributed by atoms with Crippen molar-refractivity contribution in [3.8, 4) is 17.6 Å². The second kappa shape index (κ2) is 7.77. The number of aryl methyl sites for hydroxylation is 1. The minimum absolute atomic E-state index is 0.0725. The standard InChI is InChI=1S/C17H17N3O4S/c1-10(2)24-16-14(20(21)22)6-12(7-15(16)23-4)5-13(8-18)17-19-11(3)9-25-17/h5-7,9-10H,1-4H3/b13-5-. The molecule has 0 unspecified atom stereocenters. The molecule has 0 amide bonds. The molecule has 7 nitrogen and oxygen atoms in total. The average molecular weight is 359 g/mol. The number of ether oxygens (including phenoxy) is 2. The van der Waals surface area contributed by atoms with Crippen molar-refractivity contribution < 1.29 is 14.4 Å². The molecule has 0 radical (unpaired) electrons. The first-order valence-corrected chi connectivity index (χ1v) is 8.31. The Balaban J connectivity index is 2.58. The number of nitriles is 1. The number of hydrogen-bond donors (Lipinski definition) is 0. The van der Waals surface area contributed by atoms with E-state index in [-0.39, 0.29) is 23.3 Å². The number of nitrogens with zero attached hydrogens (tertiary/aromatic N) is 3. The molecule has 2 rings (SSSR count). The number of methoxy groups -OCH3 is 1. The van der Waals surface area contributed by atoms with Gasteiger partial charge in [-0.25, -0.2) is 4.98 Å². The average Bonchev–Trinajstić information content (AvgIpc) is 2.98. The maximum atomic E-state index is 11.4. The quantitative estimate of drug-likeness (QED) is 0.435. The molecule has 0 aliphatic heterocycles. The molecule has 0 saturated heterocycles. The van der Waals surface area contributed by atoms with Gasteiger partial charge in [0.05, 0.1) is 23.7 Å². The Morgan fingerprint density at radius 3 is 2.68 bits per heavy atom. The number of hydrogen-bond acceptors (Lipinski definition) is 7. The highest BCUT2D eigenvalue weighted by Crippen LogP contribution is 2.39. The molecule has 1 aromatic heterocycles. The van der Waals surface area contributed by atoms with Gasteiger partial charge < -0.3 is 9.47 Å². The number of allylic oxidation sites excluding steroid dienone is 1. The number of rotatable bonds is 6. The minimum atomic E-state index is -0.531. The van der Waals surface area contributed by atoms with E-state index in [0.29, 0.717) is 16.1 Å². The number of benzene rings is 1. The largest absolute Gasteiger partial charge is 0.493 e. The molecule has 8 heteroatoms. The number of nitro benzene ring substituents is 1. The van der Waals surface area contributed by atoms with Crippen molar-refractivity contribution in [2.24, 2.45) is 0 Å². The van der Waals surface area contributed by atoms with E-state index >= 15 is 0 Å². The van der Waals surface area contributed by atoms with E-state index in [1.165, 1.54) is 24.5 Å². The summed E-state index contributed by atoms with van der Waals surface area (Å²) in [5.41, 5.74) is 1.38.